The number of sulfone groups is 1. The van der Waals surface area contributed by atoms with Gasteiger partial charge in [-0.3, -0.25) is 4.79 Å². The second kappa shape index (κ2) is 6.18. The van der Waals surface area contributed by atoms with Crippen molar-refractivity contribution in [1.82, 2.24) is 5.32 Å². The lowest BCUT2D eigenvalue weighted by Gasteiger charge is -2.15. The molecule has 0 radical (unpaired) electrons. The highest BCUT2D eigenvalue weighted by Gasteiger charge is 2.30. The van der Waals surface area contributed by atoms with E-state index in [9.17, 15) is 13.2 Å². The third-order valence-electron chi connectivity index (χ3n) is 3.25. The predicted molar refractivity (Wildman–Crippen MR) is 81.7 cm³/mol. The maximum atomic E-state index is 12.1. The molecule has 2 atom stereocenters. The van der Waals surface area contributed by atoms with E-state index >= 15 is 0 Å². The molecule has 0 unspecified atom stereocenters. The number of carbonyl (C=O) groups excluding carboxylic acids is 1. The molecule has 1 fully saturated rings. The first-order valence-electron chi connectivity index (χ1n) is 6.60. The lowest BCUT2D eigenvalue weighted by atomic mass is 10.2. The molecule has 20 heavy (non-hydrogen) atoms. The number of hydrogen-bond donors (Lipinski definition) is 1. The summed E-state index contributed by atoms with van der Waals surface area (Å²) in [6.45, 7) is 3.85. The van der Waals surface area contributed by atoms with E-state index in [1.807, 2.05) is 38.1 Å². The van der Waals surface area contributed by atoms with Crippen LogP contribution >= 0.6 is 11.8 Å². The van der Waals surface area contributed by atoms with Crippen molar-refractivity contribution in [2.45, 2.75) is 36.5 Å². The van der Waals surface area contributed by atoms with E-state index in [4.69, 9.17) is 0 Å². The lowest BCUT2D eigenvalue weighted by molar-refractivity contribution is -0.120. The van der Waals surface area contributed by atoms with Gasteiger partial charge < -0.3 is 5.32 Å². The fraction of sp³-hybridized carbons (Fsp3) is 0.500. The Labute approximate surface area is 124 Å². The Morgan fingerprint density at radius 3 is 2.80 bits per heavy atom. The Bertz CT molecular complexity index is 598. The molecule has 110 valence electrons. The second-order valence-corrected chi connectivity index (χ2v) is 8.83. The van der Waals surface area contributed by atoms with Crippen molar-refractivity contribution in [2.75, 3.05) is 11.5 Å². The summed E-state index contributed by atoms with van der Waals surface area (Å²) in [6.07, 6.45) is 0.524. The smallest absolute Gasteiger partial charge is 0.233 e. The van der Waals surface area contributed by atoms with E-state index in [0.29, 0.717) is 6.42 Å². The zero-order valence-electron chi connectivity index (χ0n) is 11.6. The van der Waals surface area contributed by atoms with E-state index in [1.54, 1.807) is 0 Å². The zero-order chi connectivity index (χ0) is 14.8. The molecule has 1 saturated heterocycles. The molecule has 1 aliphatic heterocycles. The highest BCUT2D eigenvalue weighted by atomic mass is 32.2. The number of rotatable bonds is 4. The molecule has 1 aromatic rings. The highest BCUT2D eigenvalue weighted by Crippen LogP contribution is 2.24. The minimum absolute atomic E-state index is 0.0700. The average molecular weight is 313 g/mol. The van der Waals surface area contributed by atoms with Gasteiger partial charge in [0.1, 0.15) is 0 Å². The van der Waals surface area contributed by atoms with Crippen LogP contribution in [-0.2, 0) is 14.6 Å². The van der Waals surface area contributed by atoms with Crippen LogP contribution in [0.5, 0.6) is 0 Å². The first-order chi connectivity index (χ1) is 9.35. The molecule has 1 N–H and O–H groups in total. The van der Waals surface area contributed by atoms with Crippen molar-refractivity contribution in [2.24, 2.45) is 0 Å². The van der Waals surface area contributed by atoms with Gasteiger partial charge in [0.15, 0.2) is 9.84 Å². The van der Waals surface area contributed by atoms with E-state index in [1.165, 1.54) is 11.8 Å². The van der Waals surface area contributed by atoms with Gasteiger partial charge in [-0.15, -0.1) is 11.8 Å². The summed E-state index contributed by atoms with van der Waals surface area (Å²) in [7, 11) is -2.95. The van der Waals surface area contributed by atoms with Crippen LogP contribution in [-0.4, -0.2) is 37.1 Å². The van der Waals surface area contributed by atoms with Crippen molar-refractivity contribution in [1.29, 1.82) is 0 Å². The third kappa shape index (κ3) is 4.24. The van der Waals surface area contributed by atoms with Gasteiger partial charge in [-0.1, -0.05) is 17.7 Å². The summed E-state index contributed by atoms with van der Waals surface area (Å²) < 4.78 is 22.7. The Hall–Kier alpha value is -1.01. The van der Waals surface area contributed by atoms with Gasteiger partial charge in [0.05, 0.1) is 16.8 Å². The molecule has 1 amide bonds. The van der Waals surface area contributed by atoms with Crippen molar-refractivity contribution in [3.63, 3.8) is 0 Å². The number of amides is 1. The quantitative estimate of drug-likeness (QED) is 0.861. The van der Waals surface area contributed by atoms with E-state index in [2.05, 4.69) is 5.32 Å². The number of nitrogens with one attached hydrogen (secondary N) is 1. The van der Waals surface area contributed by atoms with Crippen LogP contribution in [0.2, 0.25) is 0 Å². The largest absolute Gasteiger partial charge is 0.351 e. The molecule has 0 aliphatic carbocycles. The second-order valence-electron chi connectivity index (χ2n) is 5.19. The fourth-order valence-electron chi connectivity index (χ4n) is 2.17. The maximum absolute atomic E-state index is 12.1. The minimum Gasteiger partial charge on any atom is -0.351 e. The molecule has 0 saturated carbocycles. The molecule has 1 aliphatic rings. The van der Waals surface area contributed by atoms with Gasteiger partial charge in [-0.05, 0) is 32.4 Å². The number of thioether (sulfide) groups is 1. The normalized spacial score (nSPS) is 22.4. The number of aryl methyl sites for hydroxylation is 1. The predicted octanol–water partition coefficient (Wildman–Crippen LogP) is 1.78. The summed E-state index contributed by atoms with van der Waals surface area (Å²) in [5, 5.41) is 2.59. The first kappa shape index (κ1) is 15.4. The molecular weight excluding hydrogens is 294 g/mol. The zero-order valence-corrected chi connectivity index (χ0v) is 13.3. The maximum Gasteiger partial charge on any atom is 0.233 e. The average Bonchev–Trinajstić information content (AvgIpc) is 2.68. The molecule has 6 heteroatoms. The molecule has 4 nitrogen and oxygen atoms in total. The molecule has 0 aromatic heterocycles. The first-order valence-corrected chi connectivity index (χ1v) is 9.30. The van der Waals surface area contributed by atoms with E-state index < -0.39 is 9.84 Å². The molecule has 0 spiro atoms. The van der Waals surface area contributed by atoms with Gasteiger partial charge in [0.2, 0.25) is 5.91 Å². The van der Waals surface area contributed by atoms with Crippen molar-refractivity contribution < 1.29 is 13.2 Å². The van der Waals surface area contributed by atoms with Crippen molar-refractivity contribution >= 4 is 27.5 Å². The Morgan fingerprint density at radius 2 is 2.20 bits per heavy atom. The fourth-order valence-corrected chi connectivity index (χ4v) is 4.84. The summed E-state index contributed by atoms with van der Waals surface area (Å²) in [4.78, 5) is 13.1. The van der Waals surface area contributed by atoms with Gasteiger partial charge in [-0.25, -0.2) is 8.42 Å². The number of hydrogen-bond acceptors (Lipinski definition) is 4. The SMILES string of the molecule is Cc1cccc(S[C@@H](C)C(=O)N[C@@H]2CCS(=O)(=O)C2)c1. The number of benzene rings is 1. The topological polar surface area (TPSA) is 63.2 Å². The molecule has 0 bridgehead atoms. The van der Waals surface area contributed by atoms with Crippen molar-refractivity contribution in [3.05, 3.63) is 29.8 Å². The minimum atomic E-state index is -2.95. The van der Waals surface area contributed by atoms with Crippen LogP contribution in [0, 0.1) is 6.92 Å². The van der Waals surface area contributed by atoms with Gasteiger partial charge in [-0.2, -0.15) is 0 Å². The summed E-state index contributed by atoms with van der Waals surface area (Å²) in [5.41, 5.74) is 1.16. The molecule has 1 aromatic carbocycles. The van der Waals surface area contributed by atoms with Crippen LogP contribution in [0.4, 0.5) is 0 Å². The van der Waals surface area contributed by atoms with Crippen LogP contribution in [0.1, 0.15) is 18.9 Å². The van der Waals surface area contributed by atoms with E-state index in [-0.39, 0.29) is 28.7 Å². The summed E-state index contributed by atoms with van der Waals surface area (Å²) in [5.74, 6) is 0.149. The van der Waals surface area contributed by atoms with Gasteiger partial charge in [0, 0.05) is 10.9 Å². The van der Waals surface area contributed by atoms with E-state index in [0.717, 1.165) is 10.5 Å². The number of carbonyl (C=O) groups is 1. The molecular formula is C14H19NO3S2. The monoisotopic (exact) mass is 313 g/mol. The highest BCUT2D eigenvalue weighted by molar-refractivity contribution is 8.00. The van der Waals surface area contributed by atoms with Crippen molar-refractivity contribution in [3.8, 4) is 0 Å². The summed E-state index contributed by atoms with van der Waals surface area (Å²) >= 11 is 1.49. The molecule has 2 rings (SSSR count). The lowest BCUT2D eigenvalue weighted by Crippen LogP contribution is -2.39. The standard InChI is InChI=1S/C14H19NO3S2/c1-10-4-3-5-13(8-10)19-11(2)14(16)15-12-6-7-20(17,18)9-12/h3-5,8,11-12H,6-7,9H2,1-2H3,(H,15,16)/t11-,12+/m0/s1. The van der Waals surface area contributed by atoms with Crippen LogP contribution in [0.3, 0.4) is 0 Å². The van der Waals surface area contributed by atoms with Gasteiger partial charge >= 0.3 is 0 Å². The Kier molecular flexibility index (Phi) is 4.75. The van der Waals surface area contributed by atoms with Crippen LogP contribution in [0.25, 0.3) is 0 Å². The Morgan fingerprint density at radius 1 is 1.45 bits per heavy atom. The third-order valence-corrected chi connectivity index (χ3v) is 6.11. The molecule has 1 heterocycles. The van der Waals surface area contributed by atoms with Crippen LogP contribution in [0.15, 0.2) is 29.2 Å². The van der Waals surface area contributed by atoms with Gasteiger partial charge in [0.25, 0.3) is 0 Å². The Balaban J connectivity index is 1.89. The summed E-state index contributed by atoms with van der Waals surface area (Å²) in [6, 6.07) is 7.76. The van der Waals surface area contributed by atoms with Crippen LogP contribution < -0.4 is 5.32 Å².